The van der Waals surface area contributed by atoms with Crippen molar-refractivity contribution in [2.75, 3.05) is 11.9 Å². The summed E-state index contributed by atoms with van der Waals surface area (Å²) in [6, 6.07) is 6.43. The molecule has 0 fully saturated rings. The van der Waals surface area contributed by atoms with Gasteiger partial charge >= 0.3 is 0 Å². The summed E-state index contributed by atoms with van der Waals surface area (Å²) in [4.78, 5) is 17.0. The molecule has 0 aliphatic carbocycles. The van der Waals surface area contributed by atoms with E-state index < -0.39 is 11.4 Å². The Balaban J connectivity index is 0.00000204. The van der Waals surface area contributed by atoms with Gasteiger partial charge < -0.3 is 15.7 Å². The first-order chi connectivity index (χ1) is 13.9. The Morgan fingerprint density at radius 3 is 2.52 bits per heavy atom. The third-order valence-corrected chi connectivity index (χ3v) is 4.83. The summed E-state index contributed by atoms with van der Waals surface area (Å²) in [5.41, 5.74) is 1.19. The lowest BCUT2D eigenvalue weighted by Crippen LogP contribution is -2.51. The minimum atomic E-state index is -0.664. The molecule has 1 heterocycles. The molecule has 1 aromatic carbocycles. The molecule has 0 aliphatic heterocycles. The first-order valence-corrected chi connectivity index (χ1v) is 10.3. The molecule has 1 amide bonds. The van der Waals surface area contributed by atoms with Gasteiger partial charge in [-0.25, -0.2) is 4.39 Å². The number of aryl methyl sites for hydroxylation is 1. The van der Waals surface area contributed by atoms with Crippen LogP contribution in [0.25, 0.3) is 0 Å². The lowest BCUT2D eigenvalue weighted by molar-refractivity contribution is 0.0807. The van der Waals surface area contributed by atoms with Crippen molar-refractivity contribution in [3.05, 3.63) is 53.6 Å². The van der Waals surface area contributed by atoms with E-state index in [2.05, 4.69) is 22.5 Å². The Hall–Kier alpha value is -2.47. The Morgan fingerprint density at radius 2 is 1.93 bits per heavy atom. The van der Waals surface area contributed by atoms with Crippen LogP contribution in [0.2, 0.25) is 0 Å². The van der Waals surface area contributed by atoms with Gasteiger partial charge in [-0.3, -0.25) is 9.78 Å². The fourth-order valence-electron chi connectivity index (χ4n) is 2.94. The van der Waals surface area contributed by atoms with Crippen LogP contribution in [-0.2, 0) is 0 Å². The second-order valence-electron chi connectivity index (χ2n) is 6.88. The van der Waals surface area contributed by atoms with Gasteiger partial charge in [-0.2, -0.15) is 0 Å². The number of hydrogen-bond donors (Lipinski definition) is 3. The van der Waals surface area contributed by atoms with Crippen molar-refractivity contribution >= 4 is 17.3 Å². The van der Waals surface area contributed by atoms with E-state index in [1.165, 1.54) is 18.5 Å². The van der Waals surface area contributed by atoms with E-state index in [9.17, 15) is 14.3 Å². The minimum absolute atomic E-state index is 0.129. The Kier molecular flexibility index (Phi) is 10.3. The van der Waals surface area contributed by atoms with E-state index in [-0.39, 0.29) is 18.2 Å². The number of nitrogens with one attached hydrogen (secondary N) is 2. The summed E-state index contributed by atoms with van der Waals surface area (Å²) < 4.78 is 14.2. The van der Waals surface area contributed by atoms with Crippen molar-refractivity contribution in [2.45, 2.75) is 65.8 Å². The molecule has 0 saturated heterocycles. The third-order valence-electron chi connectivity index (χ3n) is 4.83. The number of benzene rings is 1. The van der Waals surface area contributed by atoms with Crippen molar-refractivity contribution < 1.29 is 14.3 Å². The van der Waals surface area contributed by atoms with Crippen LogP contribution in [0.3, 0.4) is 0 Å². The summed E-state index contributed by atoms with van der Waals surface area (Å²) in [5.74, 6) is -0.717. The van der Waals surface area contributed by atoms with E-state index >= 15 is 0 Å². The topological polar surface area (TPSA) is 74.2 Å². The first-order valence-electron chi connectivity index (χ1n) is 10.3. The quantitative estimate of drug-likeness (QED) is 0.527. The van der Waals surface area contributed by atoms with Crippen LogP contribution in [0, 0.1) is 12.7 Å². The molecule has 0 spiro atoms. The number of aromatic nitrogens is 1. The standard InChI is InChI=1S/C21H28FN3O2.C2H6/c1-4-6-10-21(5-2,14-26)25-20(27)16-9-11-23-13-19(16)24-18-8-7-15(3)12-17(18)22;1-2/h7-9,11-13,24,26H,4-6,10,14H2,1-3H3,(H,25,27);1-2H3. The van der Waals surface area contributed by atoms with Crippen molar-refractivity contribution in [1.29, 1.82) is 0 Å². The molecule has 3 N–H and O–H groups in total. The van der Waals surface area contributed by atoms with Crippen molar-refractivity contribution in [2.24, 2.45) is 0 Å². The zero-order valence-corrected chi connectivity index (χ0v) is 18.2. The van der Waals surface area contributed by atoms with Crippen molar-refractivity contribution in [3.63, 3.8) is 0 Å². The highest BCUT2D eigenvalue weighted by Gasteiger charge is 2.29. The molecule has 0 radical (unpaired) electrons. The van der Waals surface area contributed by atoms with E-state index in [0.717, 1.165) is 18.4 Å². The number of carbonyl (C=O) groups is 1. The number of unbranched alkanes of at least 4 members (excludes halogenated alkanes) is 1. The fraction of sp³-hybridized carbons (Fsp3) is 0.478. The number of hydrogen-bond acceptors (Lipinski definition) is 4. The number of pyridine rings is 1. The summed E-state index contributed by atoms with van der Waals surface area (Å²) in [5, 5.41) is 15.8. The number of carbonyl (C=O) groups excluding carboxylic acids is 1. The molecule has 29 heavy (non-hydrogen) atoms. The van der Waals surface area contributed by atoms with Gasteiger partial charge in [0.1, 0.15) is 5.82 Å². The van der Waals surface area contributed by atoms with Crippen molar-refractivity contribution in [3.8, 4) is 0 Å². The maximum Gasteiger partial charge on any atom is 0.254 e. The lowest BCUT2D eigenvalue weighted by atomic mass is 9.90. The Morgan fingerprint density at radius 1 is 1.21 bits per heavy atom. The molecule has 2 rings (SSSR count). The predicted octanol–water partition coefficient (Wildman–Crippen LogP) is 5.36. The molecule has 2 aromatic rings. The Labute approximate surface area is 173 Å². The summed E-state index contributed by atoms with van der Waals surface area (Å²) >= 11 is 0. The lowest BCUT2D eigenvalue weighted by Gasteiger charge is -2.32. The van der Waals surface area contributed by atoms with Crippen LogP contribution in [0.15, 0.2) is 36.7 Å². The monoisotopic (exact) mass is 403 g/mol. The van der Waals surface area contributed by atoms with Gasteiger partial charge in [0.2, 0.25) is 0 Å². The average Bonchev–Trinajstić information content (AvgIpc) is 2.75. The highest BCUT2D eigenvalue weighted by atomic mass is 19.1. The molecular formula is C23H34FN3O2. The maximum absolute atomic E-state index is 14.2. The smallest absolute Gasteiger partial charge is 0.254 e. The van der Waals surface area contributed by atoms with Gasteiger partial charge in [-0.05, 0) is 43.5 Å². The largest absolute Gasteiger partial charge is 0.394 e. The summed E-state index contributed by atoms with van der Waals surface area (Å²) in [6.45, 7) is 9.70. The van der Waals surface area contributed by atoms with Crippen LogP contribution < -0.4 is 10.6 Å². The zero-order chi connectivity index (χ0) is 21.9. The van der Waals surface area contributed by atoms with E-state index in [4.69, 9.17) is 0 Å². The molecule has 0 saturated carbocycles. The number of halogens is 1. The predicted molar refractivity (Wildman–Crippen MR) is 117 cm³/mol. The number of aliphatic hydroxyl groups excluding tert-OH is 1. The first kappa shape index (κ1) is 24.6. The SMILES string of the molecule is CC.CCCCC(CC)(CO)NC(=O)c1ccncc1Nc1ccc(C)cc1F. The van der Waals surface area contributed by atoms with Gasteiger partial charge in [0, 0.05) is 6.20 Å². The van der Waals surface area contributed by atoms with Gasteiger partial charge in [0.15, 0.2) is 0 Å². The normalized spacial score (nSPS) is 12.4. The Bertz CT molecular complexity index is 776. The number of nitrogens with zero attached hydrogens (tertiary/aromatic N) is 1. The molecule has 0 bridgehead atoms. The van der Waals surface area contributed by atoms with Crippen LogP contribution in [0.5, 0.6) is 0 Å². The number of amides is 1. The summed E-state index contributed by atoms with van der Waals surface area (Å²) in [7, 11) is 0. The van der Waals surface area contributed by atoms with Crippen LogP contribution >= 0.6 is 0 Å². The number of aliphatic hydroxyl groups is 1. The van der Waals surface area contributed by atoms with E-state index in [1.54, 1.807) is 18.2 Å². The molecular weight excluding hydrogens is 369 g/mol. The van der Waals surface area contributed by atoms with Crippen LogP contribution in [0.1, 0.15) is 69.3 Å². The van der Waals surface area contributed by atoms with E-state index in [0.29, 0.717) is 24.1 Å². The average molecular weight is 404 g/mol. The molecule has 0 aliphatic rings. The highest BCUT2D eigenvalue weighted by molar-refractivity contribution is 6.00. The molecule has 160 valence electrons. The van der Waals surface area contributed by atoms with Gasteiger partial charge in [-0.1, -0.05) is 46.6 Å². The van der Waals surface area contributed by atoms with Crippen LogP contribution in [0.4, 0.5) is 15.8 Å². The number of rotatable bonds is 9. The fourth-order valence-corrected chi connectivity index (χ4v) is 2.94. The molecule has 6 heteroatoms. The minimum Gasteiger partial charge on any atom is -0.394 e. The molecule has 1 atom stereocenters. The summed E-state index contributed by atoms with van der Waals surface area (Å²) in [6.07, 6.45) is 6.21. The molecule has 1 unspecified atom stereocenters. The molecule has 5 nitrogen and oxygen atoms in total. The van der Waals surface area contributed by atoms with Crippen LogP contribution in [-0.4, -0.2) is 28.1 Å². The zero-order valence-electron chi connectivity index (χ0n) is 18.2. The molecule has 1 aromatic heterocycles. The second kappa shape index (κ2) is 12.2. The van der Waals surface area contributed by atoms with E-state index in [1.807, 2.05) is 27.7 Å². The highest BCUT2D eigenvalue weighted by Crippen LogP contribution is 2.25. The van der Waals surface area contributed by atoms with Gasteiger partial charge in [0.05, 0.1) is 35.3 Å². The van der Waals surface area contributed by atoms with Gasteiger partial charge in [-0.15, -0.1) is 0 Å². The number of anilines is 2. The maximum atomic E-state index is 14.2. The second-order valence-corrected chi connectivity index (χ2v) is 6.88. The van der Waals surface area contributed by atoms with Gasteiger partial charge in [0.25, 0.3) is 5.91 Å². The van der Waals surface area contributed by atoms with Crippen molar-refractivity contribution in [1.82, 2.24) is 10.3 Å². The third kappa shape index (κ3) is 6.82.